The molecule has 20 heavy (non-hydrogen) atoms. The highest BCUT2D eigenvalue weighted by Crippen LogP contribution is 2.35. The molecule has 0 spiro atoms. The van der Waals surface area contributed by atoms with Crippen LogP contribution in [-0.4, -0.2) is 41.7 Å². The lowest BCUT2D eigenvalue weighted by Gasteiger charge is -2.19. The Kier molecular flexibility index (Phi) is 3.89. The van der Waals surface area contributed by atoms with E-state index in [9.17, 15) is 19.3 Å². The van der Waals surface area contributed by atoms with Crippen LogP contribution >= 0.6 is 15.9 Å². The molecule has 2 rings (SSSR count). The molecule has 1 fully saturated rings. The molecular weight excluding hydrogens is 337 g/mol. The number of pyridine rings is 1. The zero-order valence-electron chi connectivity index (χ0n) is 10.5. The maximum absolute atomic E-state index is 14.3. The van der Waals surface area contributed by atoms with Crippen LogP contribution in [0, 0.1) is 10.1 Å². The van der Waals surface area contributed by atoms with E-state index in [2.05, 4.69) is 25.7 Å². The number of nitro groups is 1. The summed E-state index contributed by atoms with van der Waals surface area (Å²) in [7, 11) is 1.10. The number of anilines is 1. The molecule has 0 bridgehead atoms. The van der Waals surface area contributed by atoms with Gasteiger partial charge < -0.3 is 9.64 Å². The maximum atomic E-state index is 14.3. The third kappa shape index (κ3) is 2.58. The van der Waals surface area contributed by atoms with Crippen molar-refractivity contribution >= 4 is 33.4 Å². The highest BCUT2D eigenvalue weighted by atomic mass is 79.9. The monoisotopic (exact) mass is 347 g/mol. The van der Waals surface area contributed by atoms with Crippen molar-refractivity contribution in [3.05, 3.63) is 26.9 Å². The summed E-state index contributed by atoms with van der Waals surface area (Å²) < 4.78 is 19.2. The number of ether oxygens (including phenoxy) is 1. The molecule has 2 heterocycles. The van der Waals surface area contributed by atoms with Crippen molar-refractivity contribution < 1.29 is 18.8 Å². The van der Waals surface area contributed by atoms with Crippen LogP contribution in [0.4, 0.5) is 15.9 Å². The van der Waals surface area contributed by atoms with Crippen LogP contribution in [0.25, 0.3) is 0 Å². The molecule has 1 aromatic rings. The predicted molar refractivity (Wildman–Crippen MR) is 71.3 cm³/mol. The van der Waals surface area contributed by atoms with Crippen LogP contribution in [-0.2, 0) is 9.53 Å². The highest BCUT2D eigenvalue weighted by molar-refractivity contribution is 9.10. The summed E-state index contributed by atoms with van der Waals surface area (Å²) in [5.41, 5.74) is -2.40. The first-order chi connectivity index (χ1) is 9.37. The summed E-state index contributed by atoms with van der Waals surface area (Å²) >= 11 is 3.10. The fraction of sp³-hybridized carbons (Fsp3) is 0.455. The molecular formula is C11H11BrFN3O4. The Hall–Kier alpha value is -1.77. The maximum Gasteiger partial charge on any atom is 0.345 e. The van der Waals surface area contributed by atoms with E-state index in [0.717, 1.165) is 7.11 Å². The molecule has 0 saturated carbocycles. The molecule has 7 nitrogen and oxygen atoms in total. The van der Waals surface area contributed by atoms with E-state index < -0.39 is 16.6 Å². The average molecular weight is 348 g/mol. The minimum atomic E-state index is -2.16. The molecule has 1 unspecified atom stereocenters. The Bertz CT molecular complexity index is 571. The first kappa shape index (κ1) is 14.6. The number of rotatable bonds is 3. The van der Waals surface area contributed by atoms with Gasteiger partial charge in [0.1, 0.15) is 0 Å². The molecule has 1 aliphatic heterocycles. The van der Waals surface area contributed by atoms with Crippen molar-refractivity contribution in [2.45, 2.75) is 12.1 Å². The Morgan fingerprint density at radius 2 is 2.40 bits per heavy atom. The highest BCUT2D eigenvalue weighted by Gasteiger charge is 2.47. The van der Waals surface area contributed by atoms with Gasteiger partial charge in [0.05, 0.1) is 18.6 Å². The topological polar surface area (TPSA) is 85.6 Å². The number of nitrogens with zero attached hydrogens (tertiary/aromatic N) is 3. The van der Waals surface area contributed by atoms with E-state index >= 15 is 0 Å². The number of carbonyl (C=O) groups is 1. The molecule has 1 aliphatic rings. The molecule has 1 aromatic heterocycles. The lowest BCUT2D eigenvalue weighted by Crippen LogP contribution is -2.38. The van der Waals surface area contributed by atoms with Crippen LogP contribution < -0.4 is 4.90 Å². The second kappa shape index (κ2) is 5.31. The first-order valence-electron chi connectivity index (χ1n) is 5.69. The third-order valence-corrected chi connectivity index (χ3v) is 3.51. The van der Waals surface area contributed by atoms with E-state index in [0.29, 0.717) is 4.47 Å². The summed E-state index contributed by atoms with van der Waals surface area (Å²) in [6, 6.07) is 1.29. The third-order valence-electron chi connectivity index (χ3n) is 3.08. The van der Waals surface area contributed by atoms with Crippen LogP contribution in [0.1, 0.15) is 6.42 Å². The van der Waals surface area contributed by atoms with Crippen LogP contribution in [0.3, 0.4) is 0 Å². The summed E-state index contributed by atoms with van der Waals surface area (Å²) in [6.07, 6.45) is 1.30. The van der Waals surface area contributed by atoms with Crippen LogP contribution in [0.2, 0.25) is 0 Å². The van der Waals surface area contributed by atoms with Crippen LogP contribution in [0.5, 0.6) is 0 Å². The molecule has 0 amide bonds. The average Bonchev–Trinajstić information content (AvgIpc) is 2.81. The number of halogens is 2. The Morgan fingerprint density at radius 3 is 3.00 bits per heavy atom. The Labute approximate surface area is 122 Å². The number of carbonyl (C=O) groups excluding carboxylic acids is 1. The van der Waals surface area contributed by atoms with E-state index in [1.807, 2.05) is 0 Å². The standard InChI is InChI=1S/C11H11BrFN3O4/c1-20-10(17)11(13)2-3-15(6-11)9-8(16(18)19)4-7(12)5-14-9/h4-5H,2-3,6H2,1H3. The molecule has 1 atom stereocenters. The fourth-order valence-electron chi connectivity index (χ4n) is 2.10. The van der Waals surface area contributed by atoms with Gasteiger partial charge in [0, 0.05) is 29.7 Å². The molecule has 0 aliphatic carbocycles. The normalized spacial score (nSPS) is 21.9. The van der Waals surface area contributed by atoms with Gasteiger partial charge >= 0.3 is 11.7 Å². The molecule has 0 aromatic carbocycles. The Morgan fingerprint density at radius 1 is 1.70 bits per heavy atom. The smallest absolute Gasteiger partial charge is 0.345 e. The van der Waals surface area contributed by atoms with Gasteiger partial charge in [0.25, 0.3) is 0 Å². The zero-order valence-corrected chi connectivity index (χ0v) is 12.1. The fourth-order valence-corrected chi connectivity index (χ4v) is 2.42. The molecule has 0 radical (unpaired) electrons. The van der Waals surface area contributed by atoms with Gasteiger partial charge in [-0.15, -0.1) is 0 Å². The van der Waals surface area contributed by atoms with Gasteiger partial charge in [-0.2, -0.15) is 0 Å². The van der Waals surface area contributed by atoms with Gasteiger partial charge in [-0.1, -0.05) is 0 Å². The summed E-state index contributed by atoms with van der Waals surface area (Å²) in [5.74, 6) is -0.929. The SMILES string of the molecule is COC(=O)C1(F)CCN(c2ncc(Br)cc2[N+](=O)[O-])C1. The van der Waals surface area contributed by atoms with Gasteiger partial charge in [-0.25, -0.2) is 14.2 Å². The molecule has 108 valence electrons. The van der Waals surface area contributed by atoms with Gasteiger partial charge in [0.15, 0.2) is 0 Å². The molecule has 1 saturated heterocycles. The van der Waals surface area contributed by atoms with Crippen molar-refractivity contribution in [1.82, 2.24) is 4.98 Å². The van der Waals surface area contributed by atoms with E-state index in [-0.39, 0.29) is 31.0 Å². The lowest BCUT2D eigenvalue weighted by atomic mass is 10.1. The minimum Gasteiger partial charge on any atom is -0.467 e. The van der Waals surface area contributed by atoms with Crippen molar-refractivity contribution in [2.75, 3.05) is 25.1 Å². The van der Waals surface area contributed by atoms with Crippen molar-refractivity contribution in [3.63, 3.8) is 0 Å². The minimum absolute atomic E-state index is 0.0432. The van der Waals surface area contributed by atoms with Crippen LogP contribution in [0.15, 0.2) is 16.7 Å². The zero-order chi connectivity index (χ0) is 14.9. The van der Waals surface area contributed by atoms with E-state index in [1.54, 1.807) is 0 Å². The molecule has 0 N–H and O–H groups in total. The van der Waals surface area contributed by atoms with Crippen molar-refractivity contribution in [3.8, 4) is 0 Å². The number of alkyl halides is 1. The summed E-state index contributed by atoms with van der Waals surface area (Å²) in [5, 5.41) is 11.0. The summed E-state index contributed by atoms with van der Waals surface area (Å²) in [4.78, 5) is 27.1. The Balaban J connectivity index is 2.31. The number of esters is 1. The summed E-state index contributed by atoms with van der Waals surface area (Å²) in [6.45, 7) is -0.157. The number of hydrogen-bond donors (Lipinski definition) is 0. The first-order valence-corrected chi connectivity index (χ1v) is 6.49. The number of aromatic nitrogens is 1. The second-order valence-electron chi connectivity index (χ2n) is 4.38. The van der Waals surface area contributed by atoms with Gasteiger partial charge in [-0.05, 0) is 15.9 Å². The quantitative estimate of drug-likeness (QED) is 0.471. The number of methoxy groups -OCH3 is 1. The van der Waals surface area contributed by atoms with Gasteiger partial charge in [0.2, 0.25) is 11.5 Å². The largest absolute Gasteiger partial charge is 0.467 e. The molecule has 9 heteroatoms. The number of hydrogen-bond acceptors (Lipinski definition) is 6. The lowest BCUT2D eigenvalue weighted by molar-refractivity contribution is -0.384. The van der Waals surface area contributed by atoms with E-state index in [1.165, 1.54) is 17.2 Å². The second-order valence-corrected chi connectivity index (χ2v) is 5.30. The van der Waals surface area contributed by atoms with Gasteiger partial charge in [-0.3, -0.25) is 10.1 Å². The van der Waals surface area contributed by atoms with Crippen molar-refractivity contribution in [1.29, 1.82) is 0 Å². The predicted octanol–water partition coefficient (Wildman–Crippen LogP) is 1.84. The van der Waals surface area contributed by atoms with E-state index in [4.69, 9.17) is 0 Å². The van der Waals surface area contributed by atoms with Crippen molar-refractivity contribution in [2.24, 2.45) is 0 Å².